The first-order chi connectivity index (χ1) is 10.6. The molecule has 0 aliphatic carbocycles. The molecule has 1 N–H and O–H groups in total. The van der Waals surface area contributed by atoms with Gasteiger partial charge in [-0.05, 0) is 31.4 Å². The Balaban J connectivity index is 1.97. The first-order valence-electron chi connectivity index (χ1n) is 7.57. The van der Waals surface area contributed by atoms with Crippen LogP contribution in [0, 0.1) is 0 Å². The predicted octanol–water partition coefficient (Wildman–Crippen LogP) is 1.88. The van der Waals surface area contributed by atoms with E-state index in [-0.39, 0.29) is 22.9 Å². The van der Waals surface area contributed by atoms with Gasteiger partial charge in [0.2, 0.25) is 5.43 Å². The molecule has 0 spiro atoms. The van der Waals surface area contributed by atoms with Gasteiger partial charge in [0.1, 0.15) is 5.56 Å². The van der Waals surface area contributed by atoms with Crippen LogP contribution in [0.2, 0.25) is 0 Å². The lowest BCUT2D eigenvalue weighted by Crippen LogP contribution is -2.30. The van der Waals surface area contributed by atoms with Crippen LogP contribution in [0.3, 0.4) is 0 Å². The van der Waals surface area contributed by atoms with Crippen LogP contribution in [0.4, 0.5) is 0 Å². The van der Waals surface area contributed by atoms with Crippen molar-refractivity contribution in [3.63, 3.8) is 0 Å². The average Bonchev–Trinajstić information content (AvgIpc) is 2.83. The summed E-state index contributed by atoms with van der Waals surface area (Å²) in [6, 6.07) is 6.01. The number of pyridine rings is 1. The van der Waals surface area contributed by atoms with Crippen molar-refractivity contribution in [2.24, 2.45) is 0 Å². The summed E-state index contributed by atoms with van der Waals surface area (Å²) in [6.07, 6.45) is 3.33. The third-order valence-corrected chi connectivity index (χ3v) is 4.18. The summed E-state index contributed by atoms with van der Waals surface area (Å²) in [5, 5.41) is 3.42. The van der Waals surface area contributed by atoms with E-state index in [0.717, 1.165) is 18.4 Å². The average molecular weight is 300 g/mol. The quantitative estimate of drug-likeness (QED) is 0.858. The molecule has 0 fully saturated rings. The van der Waals surface area contributed by atoms with Crippen molar-refractivity contribution in [2.75, 3.05) is 20.3 Å². The van der Waals surface area contributed by atoms with Gasteiger partial charge in [-0.25, -0.2) is 0 Å². The number of hydrogen-bond donors (Lipinski definition) is 1. The van der Waals surface area contributed by atoms with Crippen LogP contribution < -0.4 is 10.7 Å². The number of hydrogen-bond acceptors (Lipinski definition) is 3. The van der Waals surface area contributed by atoms with Crippen molar-refractivity contribution >= 4 is 16.8 Å². The van der Waals surface area contributed by atoms with E-state index in [4.69, 9.17) is 4.74 Å². The molecule has 2 aromatic rings. The molecule has 1 amide bonds. The van der Waals surface area contributed by atoms with Gasteiger partial charge in [-0.15, -0.1) is 0 Å². The van der Waals surface area contributed by atoms with Gasteiger partial charge >= 0.3 is 0 Å². The molecule has 0 bridgehead atoms. The van der Waals surface area contributed by atoms with Crippen molar-refractivity contribution in [3.8, 4) is 0 Å². The van der Waals surface area contributed by atoms with E-state index in [1.807, 2.05) is 12.1 Å². The van der Waals surface area contributed by atoms with Crippen molar-refractivity contribution in [2.45, 2.75) is 25.8 Å². The second-order valence-corrected chi connectivity index (χ2v) is 5.75. The van der Waals surface area contributed by atoms with Crippen LogP contribution in [-0.4, -0.2) is 30.7 Å². The van der Waals surface area contributed by atoms with Gasteiger partial charge in [-0.1, -0.05) is 12.1 Å². The molecule has 3 rings (SSSR count). The predicted molar refractivity (Wildman–Crippen MR) is 85.4 cm³/mol. The number of carbonyl (C=O) groups is 1. The molecule has 0 saturated heterocycles. The number of ether oxygens (including phenoxy) is 1. The van der Waals surface area contributed by atoms with Crippen LogP contribution in [0.25, 0.3) is 10.9 Å². The zero-order valence-electron chi connectivity index (χ0n) is 12.9. The lowest BCUT2D eigenvalue weighted by Gasteiger charge is -2.12. The van der Waals surface area contributed by atoms with Crippen LogP contribution in [0.15, 0.2) is 29.2 Å². The van der Waals surface area contributed by atoms with E-state index in [9.17, 15) is 9.59 Å². The van der Waals surface area contributed by atoms with Crippen LogP contribution in [0.5, 0.6) is 0 Å². The van der Waals surface area contributed by atoms with E-state index >= 15 is 0 Å². The number of carbonyl (C=O) groups excluding carboxylic acids is 1. The Bertz CT molecular complexity index is 779. The van der Waals surface area contributed by atoms with E-state index < -0.39 is 0 Å². The number of methoxy groups -OCH3 is 1. The van der Waals surface area contributed by atoms with E-state index in [2.05, 4.69) is 16.8 Å². The summed E-state index contributed by atoms with van der Waals surface area (Å²) < 4.78 is 7.00. The molecule has 5 heteroatoms. The highest BCUT2D eigenvalue weighted by Gasteiger charge is 2.24. The summed E-state index contributed by atoms with van der Waals surface area (Å²) >= 11 is 0. The van der Waals surface area contributed by atoms with Gasteiger partial charge in [0, 0.05) is 37.9 Å². The van der Waals surface area contributed by atoms with Crippen molar-refractivity contribution in [3.05, 3.63) is 45.7 Å². The summed E-state index contributed by atoms with van der Waals surface area (Å²) in [6.45, 7) is 3.19. The molecule has 2 heterocycles. The highest BCUT2D eigenvalue weighted by molar-refractivity contribution is 5.98. The fraction of sp³-hybridized carbons (Fsp3) is 0.412. The fourth-order valence-electron chi connectivity index (χ4n) is 3.09. The Kier molecular flexibility index (Phi) is 3.98. The normalized spacial score (nSPS) is 16.2. The van der Waals surface area contributed by atoms with Crippen LogP contribution in [0.1, 0.15) is 35.3 Å². The Morgan fingerprint density at radius 3 is 3.05 bits per heavy atom. The lowest BCUT2D eigenvalue weighted by molar-refractivity contribution is 0.0947. The number of rotatable bonds is 5. The van der Waals surface area contributed by atoms with Gasteiger partial charge in [-0.2, -0.15) is 0 Å². The number of aromatic nitrogens is 1. The Hall–Kier alpha value is -2.14. The van der Waals surface area contributed by atoms with Crippen molar-refractivity contribution in [1.29, 1.82) is 0 Å². The largest absolute Gasteiger partial charge is 0.385 e. The first kappa shape index (κ1) is 14.8. The number of para-hydroxylation sites is 1. The summed E-state index contributed by atoms with van der Waals surface area (Å²) in [5.41, 5.74) is 2.17. The minimum absolute atomic E-state index is 0.188. The molecule has 0 unspecified atom stereocenters. The number of amides is 1. The maximum absolute atomic E-state index is 12.6. The molecule has 1 atom stereocenters. The molecular formula is C17H20N2O3. The van der Waals surface area contributed by atoms with E-state index in [0.29, 0.717) is 18.5 Å². The Morgan fingerprint density at radius 1 is 1.45 bits per heavy atom. The molecule has 1 aromatic carbocycles. The fourth-order valence-corrected chi connectivity index (χ4v) is 3.09. The van der Waals surface area contributed by atoms with Crippen LogP contribution >= 0.6 is 0 Å². The van der Waals surface area contributed by atoms with Gasteiger partial charge in [0.05, 0.1) is 5.52 Å². The molecule has 22 heavy (non-hydrogen) atoms. The molecule has 1 aliphatic heterocycles. The minimum Gasteiger partial charge on any atom is -0.385 e. The first-order valence-corrected chi connectivity index (χ1v) is 7.57. The van der Waals surface area contributed by atoms with Crippen LogP contribution in [-0.2, 0) is 11.2 Å². The lowest BCUT2D eigenvalue weighted by atomic mass is 10.1. The monoisotopic (exact) mass is 300 g/mol. The molecule has 0 saturated carbocycles. The molecule has 1 aromatic heterocycles. The van der Waals surface area contributed by atoms with Gasteiger partial charge in [0.15, 0.2) is 0 Å². The van der Waals surface area contributed by atoms with E-state index in [1.165, 1.54) is 5.56 Å². The van der Waals surface area contributed by atoms with Crippen molar-refractivity contribution in [1.82, 2.24) is 9.88 Å². The van der Waals surface area contributed by atoms with Crippen molar-refractivity contribution < 1.29 is 9.53 Å². The number of nitrogens with one attached hydrogen (secondary N) is 1. The highest BCUT2D eigenvalue weighted by atomic mass is 16.5. The molecule has 116 valence electrons. The van der Waals surface area contributed by atoms with E-state index in [1.54, 1.807) is 19.4 Å². The summed E-state index contributed by atoms with van der Waals surface area (Å²) in [5.74, 6) is -0.309. The smallest absolute Gasteiger partial charge is 0.256 e. The third-order valence-electron chi connectivity index (χ3n) is 4.18. The zero-order valence-corrected chi connectivity index (χ0v) is 12.9. The second kappa shape index (κ2) is 5.93. The summed E-state index contributed by atoms with van der Waals surface area (Å²) in [7, 11) is 1.62. The standard InChI is InChI=1S/C17H20N2O3/c1-11-9-12-5-3-6-13-15(12)19(11)10-14(16(13)20)17(21)18-7-4-8-22-2/h3,5-6,10-11H,4,7-9H2,1-2H3,(H,18,21)/t11-/m1/s1. The Labute approximate surface area is 128 Å². The Morgan fingerprint density at radius 2 is 2.27 bits per heavy atom. The molecule has 1 aliphatic rings. The summed E-state index contributed by atoms with van der Waals surface area (Å²) in [4.78, 5) is 24.9. The zero-order chi connectivity index (χ0) is 15.7. The highest BCUT2D eigenvalue weighted by Crippen LogP contribution is 2.30. The second-order valence-electron chi connectivity index (χ2n) is 5.75. The number of nitrogens with zero attached hydrogens (tertiary/aromatic N) is 1. The topological polar surface area (TPSA) is 60.3 Å². The molecular weight excluding hydrogens is 280 g/mol. The van der Waals surface area contributed by atoms with Gasteiger partial charge < -0.3 is 14.6 Å². The third kappa shape index (κ3) is 2.41. The number of benzene rings is 1. The molecule has 0 radical (unpaired) electrons. The van der Waals surface area contributed by atoms with Gasteiger partial charge in [-0.3, -0.25) is 9.59 Å². The molecule has 5 nitrogen and oxygen atoms in total. The maximum atomic E-state index is 12.6. The SMILES string of the molecule is COCCCNC(=O)c1cn2c3c(cccc3c1=O)C[C@H]2C. The minimum atomic E-state index is -0.309. The maximum Gasteiger partial charge on any atom is 0.256 e. The van der Waals surface area contributed by atoms with Gasteiger partial charge in [0.25, 0.3) is 5.91 Å².